The molecule has 1 saturated heterocycles. The van der Waals surface area contributed by atoms with Crippen LogP contribution in [0.25, 0.3) is 0 Å². The van der Waals surface area contributed by atoms with Gasteiger partial charge in [0.25, 0.3) is 0 Å². The smallest absolute Gasteiger partial charge is 0.399 e. The van der Waals surface area contributed by atoms with Crippen LogP contribution in [0, 0.1) is 0 Å². The van der Waals surface area contributed by atoms with E-state index >= 15 is 0 Å². The van der Waals surface area contributed by atoms with Crippen LogP contribution >= 0.6 is 0 Å². The minimum atomic E-state index is -4.68. The normalized spacial score (nSPS) is 32.5. The highest BCUT2D eigenvalue weighted by molar-refractivity contribution is 5.77. The molecule has 3 rings (SSSR count). The van der Waals surface area contributed by atoms with Crippen molar-refractivity contribution in [1.82, 2.24) is 10.3 Å². The molecule has 196 valence electrons. The van der Waals surface area contributed by atoms with Crippen molar-refractivity contribution in [3.8, 4) is 0 Å². The van der Waals surface area contributed by atoms with Gasteiger partial charge >= 0.3 is 12.7 Å². The number of alkyl halides is 6. The Hall–Kier alpha value is -1.81. The second-order valence-corrected chi connectivity index (χ2v) is 8.64. The molecular weight excluding hydrogens is 478 g/mol. The van der Waals surface area contributed by atoms with Crippen molar-refractivity contribution in [2.24, 2.45) is 11.6 Å². The van der Waals surface area contributed by atoms with E-state index in [-0.39, 0.29) is 51.0 Å². The summed E-state index contributed by atoms with van der Waals surface area (Å²) in [5, 5.41) is 3.99. The van der Waals surface area contributed by atoms with Gasteiger partial charge in [-0.25, -0.2) is 5.84 Å². The maximum Gasteiger partial charge on any atom is 0.522 e. The van der Waals surface area contributed by atoms with Crippen molar-refractivity contribution >= 4 is 5.91 Å². The van der Waals surface area contributed by atoms with Gasteiger partial charge < -0.3 is 25.5 Å². The topological polar surface area (TPSA) is 121 Å². The average Bonchev–Trinajstić information content (AvgIpc) is 2.64. The van der Waals surface area contributed by atoms with Crippen LogP contribution in [0.15, 0.2) is 11.9 Å². The molecule has 3 fully saturated rings. The van der Waals surface area contributed by atoms with Crippen LogP contribution in [0.5, 0.6) is 0 Å². The number of carbonyl (C=O) groups excluding carboxylic acids is 1. The molecule has 1 amide bonds. The van der Waals surface area contributed by atoms with Crippen LogP contribution in [-0.2, 0) is 23.7 Å². The quantitative estimate of drug-likeness (QED) is 0.246. The molecule has 0 bridgehead atoms. The van der Waals surface area contributed by atoms with Gasteiger partial charge in [0, 0.05) is 25.1 Å². The second-order valence-electron chi connectivity index (χ2n) is 8.64. The first kappa shape index (κ1) is 26.8. The molecule has 0 aromatic carbocycles. The van der Waals surface area contributed by atoms with Crippen molar-refractivity contribution in [1.29, 1.82) is 0 Å². The van der Waals surface area contributed by atoms with Crippen molar-refractivity contribution in [3.63, 3.8) is 0 Å². The fourth-order valence-corrected chi connectivity index (χ4v) is 3.96. The summed E-state index contributed by atoms with van der Waals surface area (Å²) in [4.78, 5) is 12.0. The minimum Gasteiger partial charge on any atom is -0.399 e. The number of nitrogens with zero attached hydrogens (tertiary/aromatic N) is 1. The fourth-order valence-electron chi connectivity index (χ4n) is 3.96. The molecule has 2 aliphatic carbocycles. The predicted molar refractivity (Wildman–Crippen MR) is 103 cm³/mol. The van der Waals surface area contributed by atoms with Gasteiger partial charge in [-0.2, -0.15) is 0 Å². The molecule has 0 radical (unpaired) electrons. The van der Waals surface area contributed by atoms with Crippen molar-refractivity contribution in [3.05, 3.63) is 11.9 Å². The number of nitrogens with one attached hydrogen (secondary N) is 1. The van der Waals surface area contributed by atoms with Gasteiger partial charge in [0.15, 0.2) is 0 Å². The van der Waals surface area contributed by atoms with E-state index in [2.05, 4.69) is 14.8 Å². The number of rotatable bonds is 9. The van der Waals surface area contributed by atoms with Crippen LogP contribution in [0.3, 0.4) is 0 Å². The van der Waals surface area contributed by atoms with E-state index in [1.54, 1.807) is 0 Å². The molecule has 0 unspecified atom stereocenters. The Morgan fingerprint density at radius 1 is 1.00 bits per heavy atom. The van der Waals surface area contributed by atoms with E-state index < -0.39 is 43.0 Å². The van der Waals surface area contributed by atoms with Gasteiger partial charge in [-0.3, -0.25) is 14.3 Å². The Kier molecular flexibility index (Phi) is 8.55. The second kappa shape index (κ2) is 10.8. The predicted octanol–water partition coefficient (Wildman–Crippen LogP) is 1.78. The number of hydrogen-bond donors (Lipinski definition) is 3. The zero-order valence-corrected chi connectivity index (χ0v) is 18.1. The van der Waals surface area contributed by atoms with Gasteiger partial charge in [0.2, 0.25) is 5.91 Å². The van der Waals surface area contributed by atoms with E-state index in [0.29, 0.717) is 18.5 Å². The molecule has 0 aromatic rings. The molecule has 34 heavy (non-hydrogen) atoms. The summed E-state index contributed by atoms with van der Waals surface area (Å²) >= 11 is 0. The van der Waals surface area contributed by atoms with Gasteiger partial charge in [-0.1, -0.05) is 0 Å². The highest BCUT2D eigenvalue weighted by Crippen LogP contribution is 2.33. The number of ether oxygens (including phenoxy) is 4. The molecule has 0 spiro atoms. The van der Waals surface area contributed by atoms with Gasteiger partial charge in [0.05, 0.1) is 42.8 Å². The van der Waals surface area contributed by atoms with Crippen LogP contribution in [-0.4, -0.2) is 73.4 Å². The maximum atomic E-state index is 12.2. The molecule has 0 aromatic heterocycles. The summed E-state index contributed by atoms with van der Waals surface area (Å²) in [6.07, 6.45) is -9.30. The number of hydrazine groups is 1. The molecular formula is C19H28F6N4O5. The summed E-state index contributed by atoms with van der Waals surface area (Å²) < 4.78 is 91.6. The first-order chi connectivity index (χ1) is 15.8. The molecule has 9 nitrogen and oxygen atoms in total. The standard InChI is InChI=1S/C19H28F6N4O5/c20-18(21,22)33-13-3-11(4-13)29(27)7-15(26)16-2-1-10(8-32-16)28-17(30)9-31-12-5-14(6-12)34-19(23,24)25/h7,10-14,16H,1-6,8-9,26-27H2,(H,28,30)/b15-7-/t10-,11?,12?,13?,14?,16+/m0/s1. The highest BCUT2D eigenvalue weighted by Gasteiger charge is 2.42. The van der Waals surface area contributed by atoms with Crippen molar-refractivity contribution in [2.45, 2.75) is 87.7 Å². The fraction of sp³-hybridized carbons (Fsp3) is 0.842. The summed E-state index contributed by atoms with van der Waals surface area (Å²) in [7, 11) is 0. The van der Waals surface area contributed by atoms with Gasteiger partial charge in [0.1, 0.15) is 6.61 Å². The summed E-state index contributed by atoms with van der Waals surface area (Å²) in [5.74, 6) is 5.46. The van der Waals surface area contributed by atoms with Crippen LogP contribution in [0.2, 0.25) is 0 Å². The Morgan fingerprint density at radius 3 is 2.12 bits per heavy atom. The summed E-state index contributed by atoms with van der Waals surface area (Å²) in [6.45, 7) is -0.112. The molecule has 2 saturated carbocycles. The lowest BCUT2D eigenvalue weighted by Gasteiger charge is -2.40. The largest absolute Gasteiger partial charge is 0.522 e. The number of nitrogens with two attached hydrogens (primary N) is 2. The van der Waals surface area contributed by atoms with Gasteiger partial charge in [-0.05, 0) is 25.7 Å². The van der Waals surface area contributed by atoms with Gasteiger partial charge in [-0.15, -0.1) is 26.3 Å². The molecule has 1 heterocycles. The molecule has 2 atom stereocenters. The SMILES string of the molecule is N/C(=C\N(N)C1CC(OC(F)(F)F)C1)[C@H]1CC[C@H](NC(=O)COC2CC(OC(F)(F)F)C2)CO1. The van der Waals surface area contributed by atoms with E-state index in [0.717, 1.165) is 0 Å². The van der Waals surface area contributed by atoms with Crippen LogP contribution in [0.4, 0.5) is 26.3 Å². The molecule has 3 aliphatic rings. The molecule has 1 aliphatic heterocycles. The van der Waals surface area contributed by atoms with E-state index in [1.807, 2.05) is 0 Å². The first-order valence-corrected chi connectivity index (χ1v) is 10.8. The third-order valence-electron chi connectivity index (χ3n) is 5.90. The summed E-state index contributed by atoms with van der Waals surface area (Å²) in [5.41, 5.74) is 6.33. The van der Waals surface area contributed by atoms with Crippen molar-refractivity contribution in [2.75, 3.05) is 13.2 Å². The zero-order chi connectivity index (χ0) is 25.1. The van der Waals surface area contributed by atoms with Crippen LogP contribution in [0.1, 0.15) is 38.5 Å². The Balaban J connectivity index is 1.29. The first-order valence-electron chi connectivity index (χ1n) is 10.8. The van der Waals surface area contributed by atoms with Crippen LogP contribution < -0.4 is 16.9 Å². The number of carbonyl (C=O) groups is 1. The number of amides is 1. The zero-order valence-electron chi connectivity index (χ0n) is 18.1. The Labute approximate surface area is 191 Å². The minimum absolute atomic E-state index is 0.0711. The monoisotopic (exact) mass is 506 g/mol. The number of halogens is 6. The lowest BCUT2D eigenvalue weighted by molar-refractivity contribution is -0.357. The summed E-state index contributed by atoms with van der Waals surface area (Å²) in [6, 6.07) is -0.615. The van der Waals surface area contributed by atoms with Crippen molar-refractivity contribution < 1.29 is 50.1 Å². The Morgan fingerprint density at radius 2 is 1.59 bits per heavy atom. The number of hydrogen-bond acceptors (Lipinski definition) is 8. The third kappa shape index (κ3) is 8.45. The lowest BCUT2D eigenvalue weighted by atomic mass is 9.89. The average molecular weight is 506 g/mol. The maximum absolute atomic E-state index is 12.2. The Bertz CT molecular complexity index is 717. The van der Waals surface area contributed by atoms with E-state index in [4.69, 9.17) is 21.1 Å². The molecule has 5 N–H and O–H groups in total. The highest BCUT2D eigenvalue weighted by atomic mass is 19.4. The van der Waals surface area contributed by atoms with E-state index in [1.165, 1.54) is 11.2 Å². The molecule has 15 heteroatoms. The van der Waals surface area contributed by atoms with E-state index in [9.17, 15) is 31.1 Å². The third-order valence-corrected chi connectivity index (χ3v) is 5.90. The lowest BCUT2D eigenvalue weighted by Crippen LogP contribution is -2.51.